The summed E-state index contributed by atoms with van der Waals surface area (Å²) in [6.45, 7) is 1.00. The van der Waals surface area contributed by atoms with Gasteiger partial charge in [-0.25, -0.2) is 5.53 Å². The monoisotopic (exact) mass is 328 g/mol. The lowest BCUT2D eigenvalue weighted by atomic mass is 9.87. The molecule has 1 aromatic heterocycles. The van der Waals surface area contributed by atoms with Crippen molar-refractivity contribution in [1.82, 2.24) is 9.78 Å². The fourth-order valence-corrected chi connectivity index (χ4v) is 3.53. The maximum Gasteiger partial charge on any atom is 0.149 e. The van der Waals surface area contributed by atoms with E-state index in [9.17, 15) is 5.11 Å². The van der Waals surface area contributed by atoms with Crippen molar-refractivity contribution < 1.29 is 9.84 Å². The van der Waals surface area contributed by atoms with E-state index in [0.29, 0.717) is 42.5 Å². The third kappa shape index (κ3) is 3.15. The number of nitrogens with zero attached hydrogens (tertiary/aromatic N) is 3. The molecular formula is C18H24N4O2. The molecule has 2 aliphatic carbocycles. The van der Waals surface area contributed by atoms with E-state index in [1.165, 1.54) is 12.8 Å². The summed E-state index contributed by atoms with van der Waals surface area (Å²) in [7, 11) is 0. The van der Waals surface area contributed by atoms with Gasteiger partial charge in [-0.2, -0.15) is 10.2 Å². The molecule has 0 bridgehead atoms. The van der Waals surface area contributed by atoms with Crippen molar-refractivity contribution in [2.75, 3.05) is 13.2 Å². The predicted molar refractivity (Wildman–Crippen MR) is 90.8 cm³/mol. The number of aromatic nitrogens is 2. The van der Waals surface area contributed by atoms with Crippen LogP contribution in [-0.2, 0) is 0 Å². The fourth-order valence-electron chi connectivity index (χ4n) is 3.53. The van der Waals surface area contributed by atoms with Crippen molar-refractivity contribution in [1.29, 1.82) is 5.53 Å². The molecule has 0 atom stereocenters. The van der Waals surface area contributed by atoms with E-state index in [-0.39, 0.29) is 0 Å². The third-order valence-electron chi connectivity index (χ3n) is 5.34. The zero-order valence-electron chi connectivity index (χ0n) is 13.8. The second kappa shape index (κ2) is 6.51. The van der Waals surface area contributed by atoms with Crippen LogP contribution in [0.4, 0.5) is 5.69 Å². The first-order chi connectivity index (χ1) is 11.8. The fraction of sp³-hybridized carbons (Fsp3) is 0.611. The number of fused-ring (bicyclic) bond motifs is 1. The summed E-state index contributed by atoms with van der Waals surface area (Å²) >= 11 is 0. The van der Waals surface area contributed by atoms with Crippen LogP contribution < -0.4 is 4.74 Å². The van der Waals surface area contributed by atoms with Gasteiger partial charge in [0.1, 0.15) is 11.4 Å². The molecule has 2 aromatic rings. The SMILES string of the molecule is N=Nc1cc2cn(C3CCC(CO)CC3)nc2cc1OCC1CC1. The van der Waals surface area contributed by atoms with Crippen LogP contribution in [-0.4, -0.2) is 28.1 Å². The van der Waals surface area contributed by atoms with E-state index in [1.54, 1.807) is 0 Å². The molecular weight excluding hydrogens is 304 g/mol. The molecule has 0 unspecified atom stereocenters. The lowest BCUT2D eigenvalue weighted by Crippen LogP contribution is -2.20. The second-order valence-electron chi connectivity index (χ2n) is 7.21. The summed E-state index contributed by atoms with van der Waals surface area (Å²) in [6, 6.07) is 4.21. The Morgan fingerprint density at radius 1 is 1.17 bits per heavy atom. The molecule has 1 heterocycles. The molecule has 1 aromatic carbocycles. The Bertz CT molecular complexity index is 730. The molecule has 2 fully saturated rings. The number of benzene rings is 1. The summed E-state index contributed by atoms with van der Waals surface area (Å²) < 4.78 is 7.90. The first kappa shape index (κ1) is 15.6. The highest BCUT2D eigenvalue weighted by Crippen LogP contribution is 2.37. The van der Waals surface area contributed by atoms with Gasteiger partial charge in [0.25, 0.3) is 0 Å². The van der Waals surface area contributed by atoms with Crippen LogP contribution in [0.5, 0.6) is 5.75 Å². The number of ether oxygens (including phenoxy) is 1. The Morgan fingerprint density at radius 2 is 1.92 bits per heavy atom. The number of rotatable bonds is 6. The minimum Gasteiger partial charge on any atom is -0.491 e. The predicted octanol–water partition coefficient (Wildman–Crippen LogP) is 4.21. The second-order valence-corrected chi connectivity index (χ2v) is 7.21. The van der Waals surface area contributed by atoms with Gasteiger partial charge in [0.15, 0.2) is 0 Å². The number of hydrogen-bond donors (Lipinski definition) is 2. The Morgan fingerprint density at radius 3 is 2.58 bits per heavy atom. The molecule has 24 heavy (non-hydrogen) atoms. The van der Waals surface area contributed by atoms with Gasteiger partial charge >= 0.3 is 0 Å². The molecule has 6 nitrogen and oxygen atoms in total. The molecule has 0 aliphatic heterocycles. The summed E-state index contributed by atoms with van der Waals surface area (Å²) in [5.41, 5.74) is 8.88. The summed E-state index contributed by atoms with van der Waals surface area (Å²) in [5, 5.41) is 18.6. The van der Waals surface area contributed by atoms with Crippen molar-refractivity contribution in [2.45, 2.75) is 44.6 Å². The summed E-state index contributed by atoms with van der Waals surface area (Å²) in [6.07, 6.45) is 8.75. The Hall–Kier alpha value is -1.95. The normalized spacial score (nSPS) is 24.2. The van der Waals surface area contributed by atoms with Gasteiger partial charge in [-0.1, -0.05) is 0 Å². The molecule has 0 radical (unpaired) electrons. The van der Waals surface area contributed by atoms with E-state index in [2.05, 4.69) is 16.0 Å². The van der Waals surface area contributed by atoms with Crippen LogP contribution in [0.2, 0.25) is 0 Å². The quantitative estimate of drug-likeness (QED) is 0.779. The molecule has 2 aliphatic rings. The highest BCUT2D eigenvalue weighted by atomic mass is 16.5. The number of hydrogen-bond acceptors (Lipinski definition) is 5. The van der Waals surface area contributed by atoms with E-state index in [1.807, 2.05) is 12.1 Å². The van der Waals surface area contributed by atoms with Crippen molar-refractivity contribution in [3.63, 3.8) is 0 Å². The lowest BCUT2D eigenvalue weighted by Gasteiger charge is -2.27. The first-order valence-electron chi connectivity index (χ1n) is 8.91. The van der Waals surface area contributed by atoms with Crippen LogP contribution in [0.25, 0.3) is 10.9 Å². The van der Waals surface area contributed by atoms with E-state index < -0.39 is 0 Å². The van der Waals surface area contributed by atoms with Gasteiger partial charge in [0, 0.05) is 24.3 Å². The minimum atomic E-state index is 0.295. The van der Waals surface area contributed by atoms with Crippen molar-refractivity contribution >= 4 is 16.6 Å². The lowest BCUT2D eigenvalue weighted by molar-refractivity contribution is 0.165. The minimum absolute atomic E-state index is 0.295. The zero-order valence-corrected chi connectivity index (χ0v) is 13.8. The van der Waals surface area contributed by atoms with Crippen molar-refractivity contribution in [2.24, 2.45) is 17.0 Å². The molecule has 6 heteroatoms. The maximum absolute atomic E-state index is 9.28. The largest absolute Gasteiger partial charge is 0.491 e. The molecule has 128 valence electrons. The highest BCUT2D eigenvalue weighted by Gasteiger charge is 2.24. The van der Waals surface area contributed by atoms with Gasteiger partial charge in [0.05, 0.1) is 18.2 Å². The average Bonchev–Trinajstić information content (AvgIpc) is 3.36. The zero-order chi connectivity index (χ0) is 16.5. The van der Waals surface area contributed by atoms with Gasteiger partial charge in [-0.3, -0.25) is 4.68 Å². The average molecular weight is 328 g/mol. The Kier molecular flexibility index (Phi) is 4.22. The topological polar surface area (TPSA) is 83.5 Å². The van der Waals surface area contributed by atoms with Crippen LogP contribution in [0.1, 0.15) is 44.6 Å². The summed E-state index contributed by atoms with van der Waals surface area (Å²) in [4.78, 5) is 0. The highest BCUT2D eigenvalue weighted by molar-refractivity contribution is 5.84. The van der Waals surface area contributed by atoms with E-state index in [0.717, 1.165) is 36.6 Å². The van der Waals surface area contributed by atoms with Gasteiger partial charge in [-0.15, -0.1) is 0 Å². The first-order valence-corrected chi connectivity index (χ1v) is 8.91. The van der Waals surface area contributed by atoms with E-state index >= 15 is 0 Å². The number of aliphatic hydroxyl groups is 1. The molecule has 2 saturated carbocycles. The van der Waals surface area contributed by atoms with Crippen LogP contribution in [0, 0.1) is 17.4 Å². The molecule has 0 spiro atoms. The molecule has 2 N–H and O–H groups in total. The van der Waals surface area contributed by atoms with Crippen molar-refractivity contribution in [3.8, 4) is 5.75 Å². The van der Waals surface area contributed by atoms with Crippen LogP contribution >= 0.6 is 0 Å². The van der Waals surface area contributed by atoms with Crippen molar-refractivity contribution in [3.05, 3.63) is 18.3 Å². The van der Waals surface area contributed by atoms with Crippen LogP contribution in [0.3, 0.4) is 0 Å². The molecule has 4 rings (SSSR count). The van der Waals surface area contributed by atoms with Gasteiger partial charge < -0.3 is 9.84 Å². The van der Waals surface area contributed by atoms with Gasteiger partial charge in [0.2, 0.25) is 0 Å². The van der Waals surface area contributed by atoms with Crippen LogP contribution in [0.15, 0.2) is 23.4 Å². The summed E-state index contributed by atoms with van der Waals surface area (Å²) in [5.74, 6) is 1.78. The smallest absolute Gasteiger partial charge is 0.149 e. The number of aliphatic hydroxyl groups excluding tert-OH is 1. The molecule has 0 saturated heterocycles. The Balaban J connectivity index is 1.56. The Labute approximate surface area is 141 Å². The maximum atomic E-state index is 9.28. The van der Waals surface area contributed by atoms with Gasteiger partial charge in [-0.05, 0) is 56.4 Å². The molecule has 0 amide bonds. The third-order valence-corrected chi connectivity index (χ3v) is 5.34. The number of nitrogens with one attached hydrogen (secondary N) is 1. The standard InChI is InChI=1S/C18H24N4O2/c19-20-17-7-14-9-22(15-5-3-12(10-23)4-6-15)21-16(14)8-18(17)24-11-13-1-2-13/h7-9,12-13,15,19,23H,1-6,10-11H2. The van der Waals surface area contributed by atoms with E-state index in [4.69, 9.17) is 15.4 Å².